The van der Waals surface area contributed by atoms with Gasteiger partial charge >= 0.3 is 0 Å². The number of hydrogen-bond donors (Lipinski definition) is 1. The molecule has 1 aromatic carbocycles. The summed E-state index contributed by atoms with van der Waals surface area (Å²) in [6.07, 6.45) is 0. The standard InChI is InChI=1S/C10H12FNO/c1-10(6-12-10)7-4-3-5-8(11)9(7)13-2/h3-5,12H,6H2,1-2H3. The monoisotopic (exact) mass is 181 g/mol. The molecule has 0 saturated carbocycles. The third-order valence-electron chi connectivity index (χ3n) is 2.47. The van der Waals surface area contributed by atoms with Crippen LogP contribution >= 0.6 is 0 Å². The predicted molar refractivity (Wildman–Crippen MR) is 48.3 cm³/mol. The molecule has 1 unspecified atom stereocenters. The number of methoxy groups -OCH3 is 1. The highest BCUT2D eigenvalue weighted by Crippen LogP contribution is 2.37. The Kier molecular flexibility index (Phi) is 1.77. The quantitative estimate of drug-likeness (QED) is 0.703. The summed E-state index contributed by atoms with van der Waals surface area (Å²) in [6, 6.07) is 5.01. The molecule has 0 amide bonds. The number of nitrogens with one attached hydrogen (secondary N) is 1. The zero-order valence-corrected chi connectivity index (χ0v) is 7.73. The van der Waals surface area contributed by atoms with Crippen molar-refractivity contribution in [3.63, 3.8) is 0 Å². The number of benzene rings is 1. The van der Waals surface area contributed by atoms with Gasteiger partial charge in [0.25, 0.3) is 0 Å². The molecule has 1 fully saturated rings. The summed E-state index contributed by atoms with van der Waals surface area (Å²) in [6.45, 7) is 2.91. The third-order valence-corrected chi connectivity index (χ3v) is 2.47. The lowest BCUT2D eigenvalue weighted by Gasteiger charge is -2.12. The van der Waals surface area contributed by atoms with Gasteiger partial charge in [-0.05, 0) is 13.0 Å². The van der Waals surface area contributed by atoms with E-state index < -0.39 is 0 Å². The molecule has 1 aromatic rings. The number of para-hydroxylation sites is 1. The lowest BCUT2D eigenvalue weighted by atomic mass is 10.0. The highest BCUT2D eigenvalue weighted by molar-refractivity contribution is 5.43. The second-order valence-electron chi connectivity index (χ2n) is 3.51. The van der Waals surface area contributed by atoms with Gasteiger partial charge in [-0.2, -0.15) is 0 Å². The molecule has 1 saturated heterocycles. The summed E-state index contributed by atoms with van der Waals surface area (Å²) < 4.78 is 18.3. The Morgan fingerprint density at radius 2 is 2.23 bits per heavy atom. The molecule has 1 aliphatic heterocycles. The van der Waals surface area contributed by atoms with Crippen molar-refractivity contribution in [2.75, 3.05) is 13.7 Å². The molecule has 1 aliphatic rings. The first-order valence-corrected chi connectivity index (χ1v) is 4.25. The predicted octanol–water partition coefficient (Wildman–Crippen LogP) is 1.65. The molecule has 1 atom stereocenters. The molecular weight excluding hydrogens is 169 g/mol. The third kappa shape index (κ3) is 1.29. The summed E-state index contributed by atoms with van der Waals surface area (Å²) in [7, 11) is 1.49. The topological polar surface area (TPSA) is 31.2 Å². The SMILES string of the molecule is COc1c(F)cccc1C1(C)CN1. The number of halogens is 1. The summed E-state index contributed by atoms with van der Waals surface area (Å²) in [5.74, 6) is 0.0601. The van der Waals surface area contributed by atoms with Crippen LogP contribution in [0.3, 0.4) is 0 Å². The Morgan fingerprint density at radius 3 is 2.77 bits per heavy atom. The summed E-state index contributed by atoms with van der Waals surface area (Å²) >= 11 is 0. The van der Waals surface area contributed by atoms with Crippen LogP contribution in [0.1, 0.15) is 12.5 Å². The van der Waals surface area contributed by atoms with E-state index in [0.29, 0.717) is 5.75 Å². The van der Waals surface area contributed by atoms with E-state index >= 15 is 0 Å². The van der Waals surface area contributed by atoms with Crippen LogP contribution in [-0.4, -0.2) is 13.7 Å². The van der Waals surface area contributed by atoms with Crippen LogP contribution in [0.15, 0.2) is 18.2 Å². The van der Waals surface area contributed by atoms with Crippen molar-refractivity contribution in [3.8, 4) is 5.75 Å². The number of hydrogen-bond acceptors (Lipinski definition) is 2. The fraction of sp³-hybridized carbons (Fsp3) is 0.400. The molecule has 0 spiro atoms. The summed E-state index contributed by atoms with van der Waals surface area (Å²) in [4.78, 5) is 0. The maximum atomic E-state index is 13.3. The van der Waals surface area contributed by atoms with Crippen LogP contribution in [0.5, 0.6) is 5.75 Å². The molecule has 3 heteroatoms. The molecule has 2 nitrogen and oxygen atoms in total. The highest BCUT2D eigenvalue weighted by Gasteiger charge is 2.41. The highest BCUT2D eigenvalue weighted by atomic mass is 19.1. The van der Waals surface area contributed by atoms with Crippen molar-refractivity contribution in [1.82, 2.24) is 5.32 Å². The van der Waals surface area contributed by atoms with Crippen molar-refractivity contribution in [3.05, 3.63) is 29.6 Å². The van der Waals surface area contributed by atoms with Gasteiger partial charge in [0.05, 0.1) is 12.6 Å². The number of rotatable bonds is 2. The van der Waals surface area contributed by atoms with E-state index in [9.17, 15) is 4.39 Å². The second-order valence-corrected chi connectivity index (χ2v) is 3.51. The normalized spacial score (nSPS) is 25.8. The van der Waals surface area contributed by atoms with Crippen LogP contribution in [0.25, 0.3) is 0 Å². The van der Waals surface area contributed by atoms with Gasteiger partial charge in [-0.1, -0.05) is 12.1 Å². The molecular formula is C10H12FNO. The minimum absolute atomic E-state index is 0.0898. The van der Waals surface area contributed by atoms with Crippen molar-refractivity contribution in [1.29, 1.82) is 0 Å². The van der Waals surface area contributed by atoms with Gasteiger partial charge in [-0.15, -0.1) is 0 Å². The molecule has 70 valence electrons. The van der Waals surface area contributed by atoms with Crippen molar-refractivity contribution in [2.45, 2.75) is 12.5 Å². The summed E-state index contributed by atoms with van der Waals surface area (Å²) in [5.41, 5.74) is 0.808. The van der Waals surface area contributed by atoms with Gasteiger partial charge in [0.2, 0.25) is 0 Å². The van der Waals surface area contributed by atoms with Gasteiger partial charge in [0.15, 0.2) is 11.6 Å². The lowest BCUT2D eigenvalue weighted by Crippen LogP contribution is -2.09. The number of ether oxygens (including phenoxy) is 1. The fourth-order valence-electron chi connectivity index (χ4n) is 1.47. The van der Waals surface area contributed by atoms with Crippen molar-refractivity contribution in [2.24, 2.45) is 0 Å². The van der Waals surface area contributed by atoms with Crippen molar-refractivity contribution >= 4 is 0 Å². The molecule has 0 bridgehead atoms. The summed E-state index contributed by atoms with van der Waals surface area (Å²) in [5, 5.41) is 3.18. The Morgan fingerprint density at radius 1 is 1.54 bits per heavy atom. The van der Waals surface area contributed by atoms with Gasteiger partial charge in [-0.3, -0.25) is 0 Å². The molecule has 1 N–H and O–H groups in total. The zero-order valence-electron chi connectivity index (χ0n) is 7.73. The van der Waals surface area contributed by atoms with Gasteiger partial charge in [0, 0.05) is 12.1 Å². The van der Waals surface area contributed by atoms with Gasteiger partial charge < -0.3 is 10.1 Å². The Hall–Kier alpha value is -1.09. The lowest BCUT2D eigenvalue weighted by molar-refractivity contribution is 0.377. The zero-order chi connectivity index (χ0) is 9.47. The molecule has 0 aromatic heterocycles. The largest absolute Gasteiger partial charge is 0.493 e. The van der Waals surface area contributed by atoms with Gasteiger partial charge in [0.1, 0.15) is 0 Å². The van der Waals surface area contributed by atoms with E-state index in [0.717, 1.165) is 12.1 Å². The van der Waals surface area contributed by atoms with Crippen LogP contribution in [0, 0.1) is 5.82 Å². The molecule has 0 aliphatic carbocycles. The maximum Gasteiger partial charge on any atom is 0.165 e. The first-order chi connectivity index (χ1) is 6.17. The Bertz CT molecular complexity index is 334. The average Bonchev–Trinajstić information content (AvgIpc) is 2.85. The molecule has 0 radical (unpaired) electrons. The van der Waals surface area contributed by atoms with E-state index in [4.69, 9.17) is 4.74 Å². The van der Waals surface area contributed by atoms with Crippen LogP contribution < -0.4 is 10.1 Å². The fourth-order valence-corrected chi connectivity index (χ4v) is 1.47. The average molecular weight is 181 g/mol. The second kappa shape index (κ2) is 2.70. The Balaban J connectivity index is 2.50. The molecule has 13 heavy (non-hydrogen) atoms. The van der Waals surface area contributed by atoms with E-state index in [1.54, 1.807) is 6.07 Å². The van der Waals surface area contributed by atoms with Crippen LogP contribution in [-0.2, 0) is 5.54 Å². The van der Waals surface area contributed by atoms with E-state index in [-0.39, 0.29) is 11.4 Å². The van der Waals surface area contributed by atoms with E-state index in [1.807, 2.05) is 13.0 Å². The van der Waals surface area contributed by atoms with Crippen molar-refractivity contribution < 1.29 is 9.13 Å². The molecule has 1 heterocycles. The first-order valence-electron chi connectivity index (χ1n) is 4.25. The smallest absolute Gasteiger partial charge is 0.165 e. The van der Waals surface area contributed by atoms with E-state index in [1.165, 1.54) is 13.2 Å². The van der Waals surface area contributed by atoms with Crippen LogP contribution in [0.4, 0.5) is 4.39 Å². The first kappa shape index (κ1) is 8.51. The van der Waals surface area contributed by atoms with Crippen LogP contribution in [0.2, 0.25) is 0 Å². The van der Waals surface area contributed by atoms with E-state index in [2.05, 4.69) is 5.32 Å². The minimum Gasteiger partial charge on any atom is -0.493 e. The minimum atomic E-state index is -0.296. The molecule has 2 rings (SSSR count). The maximum absolute atomic E-state index is 13.3. The van der Waals surface area contributed by atoms with Gasteiger partial charge in [-0.25, -0.2) is 4.39 Å². The Labute approximate surface area is 76.7 Å².